The van der Waals surface area contributed by atoms with E-state index in [2.05, 4.69) is 10.00 Å². The van der Waals surface area contributed by atoms with Crippen LogP contribution >= 0.6 is 11.6 Å². The number of nitrogens with zero attached hydrogens (tertiary/aromatic N) is 3. The number of anilines is 1. The van der Waals surface area contributed by atoms with Crippen molar-refractivity contribution in [2.24, 2.45) is 11.7 Å². The largest absolute Gasteiger partial charge is 0.369 e. The van der Waals surface area contributed by atoms with Crippen LogP contribution in [0.3, 0.4) is 0 Å². The van der Waals surface area contributed by atoms with Crippen molar-refractivity contribution in [1.82, 2.24) is 9.78 Å². The third-order valence-corrected chi connectivity index (χ3v) is 4.31. The van der Waals surface area contributed by atoms with E-state index in [1.165, 1.54) is 4.68 Å². The number of halogens is 1. The lowest BCUT2D eigenvalue weighted by molar-refractivity contribution is 0.364. The summed E-state index contributed by atoms with van der Waals surface area (Å²) in [6, 6.07) is 0.160. The van der Waals surface area contributed by atoms with Crippen LogP contribution in [0.2, 0.25) is 5.02 Å². The first-order valence-electron chi connectivity index (χ1n) is 7.19. The van der Waals surface area contributed by atoms with Gasteiger partial charge in [0, 0.05) is 19.1 Å². The van der Waals surface area contributed by atoms with Crippen LogP contribution in [0.1, 0.15) is 39.7 Å². The zero-order valence-corrected chi connectivity index (χ0v) is 13.1. The Bertz CT molecular complexity index is 526. The van der Waals surface area contributed by atoms with Crippen LogP contribution in [0.15, 0.2) is 11.0 Å². The van der Waals surface area contributed by atoms with Crippen LogP contribution in [0.25, 0.3) is 0 Å². The highest BCUT2D eigenvalue weighted by molar-refractivity contribution is 6.33. The summed E-state index contributed by atoms with van der Waals surface area (Å²) in [6.45, 7) is 7.60. The molecule has 0 radical (unpaired) electrons. The fraction of sp³-hybridized carbons (Fsp3) is 0.714. The van der Waals surface area contributed by atoms with Crippen LogP contribution in [0.4, 0.5) is 5.69 Å². The maximum absolute atomic E-state index is 12.2. The quantitative estimate of drug-likeness (QED) is 0.927. The maximum Gasteiger partial charge on any atom is 0.287 e. The summed E-state index contributed by atoms with van der Waals surface area (Å²) >= 11 is 6.26. The minimum Gasteiger partial charge on any atom is -0.369 e. The molecule has 2 heterocycles. The fourth-order valence-corrected chi connectivity index (χ4v) is 2.94. The summed E-state index contributed by atoms with van der Waals surface area (Å²) in [5.41, 5.74) is 6.51. The van der Waals surface area contributed by atoms with Crippen LogP contribution in [-0.2, 0) is 0 Å². The second-order valence-corrected chi connectivity index (χ2v) is 6.27. The molecule has 0 bridgehead atoms. The van der Waals surface area contributed by atoms with Crippen molar-refractivity contribution in [3.05, 3.63) is 21.6 Å². The van der Waals surface area contributed by atoms with Crippen molar-refractivity contribution in [3.63, 3.8) is 0 Å². The zero-order valence-electron chi connectivity index (χ0n) is 12.3. The van der Waals surface area contributed by atoms with Gasteiger partial charge < -0.3 is 10.6 Å². The molecule has 20 heavy (non-hydrogen) atoms. The Hall–Kier alpha value is -1.07. The molecule has 1 aliphatic heterocycles. The summed E-state index contributed by atoms with van der Waals surface area (Å²) in [4.78, 5) is 14.3. The molecule has 2 N–H and O–H groups in total. The lowest BCUT2D eigenvalue weighted by atomic mass is 9.92. The van der Waals surface area contributed by atoms with Gasteiger partial charge in [0.2, 0.25) is 0 Å². The van der Waals surface area contributed by atoms with Gasteiger partial charge in [0.25, 0.3) is 5.56 Å². The highest BCUT2D eigenvalue weighted by Crippen LogP contribution is 2.27. The van der Waals surface area contributed by atoms with E-state index in [1.807, 2.05) is 20.8 Å². The molecule has 0 saturated carbocycles. The van der Waals surface area contributed by atoms with Crippen LogP contribution in [0.5, 0.6) is 0 Å². The van der Waals surface area contributed by atoms with Crippen molar-refractivity contribution in [2.75, 3.05) is 18.0 Å². The molecule has 1 aromatic rings. The molecule has 6 heteroatoms. The molecule has 2 rings (SSSR count). The topological polar surface area (TPSA) is 64.2 Å². The van der Waals surface area contributed by atoms with Gasteiger partial charge in [-0.25, -0.2) is 4.68 Å². The third kappa shape index (κ3) is 2.99. The van der Waals surface area contributed by atoms with Gasteiger partial charge in [0.15, 0.2) is 0 Å². The zero-order chi connectivity index (χ0) is 14.9. The third-order valence-electron chi connectivity index (χ3n) is 3.96. The molecular formula is C14H23ClN4O. The van der Waals surface area contributed by atoms with Crippen molar-refractivity contribution >= 4 is 17.3 Å². The summed E-state index contributed by atoms with van der Waals surface area (Å²) in [5.74, 6) is 0.437. The minimum atomic E-state index is -0.220. The lowest BCUT2D eigenvalue weighted by Crippen LogP contribution is -2.43. The highest BCUT2D eigenvalue weighted by Gasteiger charge is 2.25. The molecule has 0 spiro atoms. The summed E-state index contributed by atoms with van der Waals surface area (Å²) in [5, 5.41) is 4.49. The van der Waals surface area contributed by atoms with Gasteiger partial charge in [-0.3, -0.25) is 4.79 Å². The summed E-state index contributed by atoms with van der Waals surface area (Å²) in [6.07, 6.45) is 3.89. The average molecular weight is 299 g/mol. The van der Waals surface area contributed by atoms with Crippen LogP contribution in [-0.4, -0.2) is 28.9 Å². The Morgan fingerprint density at radius 1 is 1.45 bits per heavy atom. The van der Waals surface area contributed by atoms with E-state index in [0.29, 0.717) is 5.92 Å². The molecule has 1 fully saturated rings. The van der Waals surface area contributed by atoms with Gasteiger partial charge >= 0.3 is 0 Å². The maximum atomic E-state index is 12.2. The normalized spacial score (nSPS) is 21.3. The second-order valence-electron chi connectivity index (χ2n) is 5.89. The van der Waals surface area contributed by atoms with Crippen molar-refractivity contribution in [2.45, 2.75) is 45.7 Å². The van der Waals surface area contributed by atoms with E-state index in [9.17, 15) is 4.79 Å². The molecule has 2 unspecified atom stereocenters. The van der Waals surface area contributed by atoms with Gasteiger partial charge in [0.05, 0.1) is 17.9 Å². The first-order valence-corrected chi connectivity index (χ1v) is 7.57. The summed E-state index contributed by atoms with van der Waals surface area (Å²) < 4.78 is 1.42. The van der Waals surface area contributed by atoms with Crippen molar-refractivity contribution in [1.29, 1.82) is 0 Å². The monoisotopic (exact) mass is 298 g/mol. The Kier molecular flexibility index (Phi) is 4.70. The Morgan fingerprint density at radius 2 is 2.15 bits per heavy atom. The second kappa shape index (κ2) is 6.14. The van der Waals surface area contributed by atoms with E-state index in [4.69, 9.17) is 17.3 Å². The van der Waals surface area contributed by atoms with Crippen LogP contribution < -0.4 is 16.2 Å². The predicted molar refractivity (Wildman–Crippen MR) is 82.5 cm³/mol. The Labute approximate surface area is 124 Å². The van der Waals surface area contributed by atoms with Gasteiger partial charge in [0.1, 0.15) is 5.02 Å². The van der Waals surface area contributed by atoms with Gasteiger partial charge in [-0.05, 0) is 39.5 Å². The molecule has 1 aromatic heterocycles. The molecule has 1 saturated heterocycles. The standard InChI is InChI=1S/C14H23ClN4O/c1-9(2)19-14(20)13(15)12(7-17-19)18-6-4-5-11(8-18)10(3)16/h7,9-11H,4-6,8,16H2,1-3H3. The van der Waals surface area contributed by atoms with Crippen molar-refractivity contribution < 1.29 is 0 Å². The fourth-order valence-electron chi connectivity index (χ4n) is 2.68. The first kappa shape index (κ1) is 15.3. The van der Waals surface area contributed by atoms with E-state index in [-0.39, 0.29) is 22.7 Å². The molecule has 5 nitrogen and oxygen atoms in total. The number of aromatic nitrogens is 2. The predicted octanol–water partition coefficient (Wildman–Crippen LogP) is 2.04. The summed E-state index contributed by atoms with van der Waals surface area (Å²) in [7, 11) is 0. The molecule has 112 valence electrons. The number of hydrogen-bond acceptors (Lipinski definition) is 4. The SMILES string of the molecule is CC(N)C1CCCN(c2cnn(C(C)C)c(=O)c2Cl)C1. The smallest absolute Gasteiger partial charge is 0.287 e. The molecule has 0 aliphatic carbocycles. The lowest BCUT2D eigenvalue weighted by Gasteiger charge is -2.36. The number of hydrogen-bond donors (Lipinski definition) is 1. The van der Waals surface area contributed by atoms with Gasteiger partial charge in [-0.2, -0.15) is 5.10 Å². The first-order chi connectivity index (χ1) is 9.41. The van der Waals surface area contributed by atoms with E-state index in [0.717, 1.165) is 31.6 Å². The number of rotatable bonds is 3. The Balaban J connectivity index is 2.29. The van der Waals surface area contributed by atoms with Gasteiger partial charge in [-0.1, -0.05) is 11.6 Å². The molecular weight excluding hydrogens is 276 g/mol. The van der Waals surface area contributed by atoms with E-state index >= 15 is 0 Å². The Morgan fingerprint density at radius 3 is 2.75 bits per heavy atom. The van der Waals surface area contributed by atoms with Gasteiger partial charge in [-0.15, -0.1) is 0 Å². The van der Waals surface area contributed by atoms with E-state index in [1.54, 1.807) is 6.20 Å². The van der Waals surface area contributed by atoms with Crippen molar-refractivity contribution in [3.8, 4) is 0 Å². The van der Waals surface area contributed by atoms with Crippen LogP contribution in [0, 0.1) is 5.92 Å². The molecule has 2 atom stereocenters. The molecule has 0 amide bonds. The minimum absolute atomic E-state index is 0.00668. The molecule has 0 aromatic carbocycles. The average Bonchev–Trinajstić information content (AvgIpc) is 2.41. The van der Waals surface area contributed by atoms with E-state index < -0.39 is 0 Å². The highest BCUT2D eigenvalue weighted by atomic mass is 35.5. The number of nitrogens with two attached hydrogens (primary N) is 1. The number of piperidine rings is 1. The molecule has 1 aliphatic rings.